The summed E-state index contributed by atoms with van der Waals surface area (Å²) in [6.45, 7) is 0. The summed E-state index contributed by atoms with van der Waals surface area (Å²) in [4.78, 5) is 4.21. The molecule has 34 valence electrons. The summed E-state index contributed by atoms with van der Waals surface area (Å²) in [5.74, 6) is -0.144. The van der Waals surface area contributed by atoms with E-state index in [9.17, 15) is 0 Å². The summed E-state index contributed by atoms with van der Waals surface area (Å²) in [5.41, 5.74) is 4.57. The molecule has 0 fully saturated rings. The van der Waals surface area contributed by atoms with Crippen LogP contribution in [0.5, 0.6) is 0 Å². The van der Waals surface area contributed by atoms with Crippen molar-refractivity contribution >= 4 is 0 Å². The van der Waals surface area contributed by atoms with Gasteiger partial charge >= 0.3 is 5.95 Å². The first-order valence-corrected chi connectivity index (χ1v) is 1.46. The SMILES string of the molecule is OC1=CNNO1. The fourth-order valence-corrected chi connectivity index (χ4v) is 0.202. The monoisotopic (exact) mass is 88.0 g/mol. The molecule has 4 heteroatoms. The zero-order valence-electron chi connectivity index (χ0n) is 2.93. The lowest BCUT2D eigenvalue weighted by atomic mass is 10.9. The molecule has 0 radical (unpaired) electrons. The number of rotatable bonds is 0. The van der Waals surface area contributed by atoms with Crippen LogP contribution < -0.4 is 11.0 Å². The molecule has 0 unspecified atom stereocenters. The molecule has 0 saturated carbocycles. The second-order valence-corrected chi connectivity index (χ2v) is 0.831. The van der Waals surface area contributed by atoms with Crippen molar-refractivity contribution < 1.29 is 9.94 Å². The zero-order chi connectivity index (χ0) is 4.41. The van der Waals surface area contributed by atoms with Gasteiger partial charge in [-0.1, -0.05) is 5.59 Å². The Hall–Kier alpha value is -0.900. The van der Waals surface area contributed by atoms with Crippen LogP contribution >= 0.6 is 0 Å². The molecule has 3 N–H and O–H groups in total. The molecule has 0 aromatic rings. The third-order valence-electron chi connectivity index (χ3n) is 0.410. The Kier molecular flexibility index (Phi) is 0.582. The maximum atomic E-state index is 8.24. The summed E-state index contributed by atoms with van der Waals surface area (Å²) < 4.78 is 0. The van der Waals surface area contributed by atoms with Crippen molar-refractivity contribution in [3.63, 3.8) is 0 Å². The second kappa shape index (κ2) is 1.06. The number of hydrazine groups is 1. The summed E-state index contributed by atoms with van der Waals surface area (Å²) >= 11 is 0. The van der Waals surface area contributed by atoms with Crippen LogP contribution in [0.2, 0.25) is 0 Å². The fraction of sp³-hybridized carbons (Fsp3) is 0. The standard InChI is InChI=1S/C2H4N2O2/c5-2-1-3-4-6-2/h1,3-5H. The van der Waals surface area contributed by atoms with E-state index in [1.807, 2.05) is 0 Å². The molecule has 0 aliphatic carbocycles. The maximum Gasteiger partial charge on any atom is 0.317 e. The average molecular weight is 88.1 g/mol. The van der Waals surface area contributed by atoms with E-state index < -0.39 is 0 Å². The quantitative estimate of drug-likeness (QED) is 0.369. The lowest BCUT2D eigenvalue weighted by Crippen LogP contribution is -2.18. The fourth-order valence-electron chi connectivity index (χ4n) is 0.202. The topological polar surface area (TPSA) is 53.5 Å². The van der Waals surface area contributed by atoms with Crippen molar-refractivity contribution in [3.8, 4) is 0 Å². The molecule has 1 aliphatic rings. The van der Waals surface area contributed by atoms with Crippen LogP contribution in [0, 0.1) is 0 Å². The van der Waals surface area contributed by atoms with E-state index in [1.165, 1.54) is 6.20 Å². The van der Waals surface area contributed by atoms with Crippen LogP contribution in [0.1, 0.15) is 0 Å². The van der Waals surface area contributed by atoms with E-state index in [0.717, 1.165) is 0 Å². The first-order chi connectivity index (χ1) is 2.89. The number of hydrogen-bond acceptors (Lipinski definition) is 4. The van der Waals surface area contributed by atoms with Crippen molar-refractivity contribution in [2.24, 2.45) is 0 Å². The summed E-state index contributed by atoms with van der Waals surface area (Å²) in [6.07, 6.45) is 1.29. The molecule has 1 heterocycles. The summed E-state index contributed by atoms with van der Waals surface area (Å²) in [5, 5.41) is 8.24. The van der Waals surface area contributed by atoms with Crippen molar-refractivity contribution in [2.75, 3.05) is 0 Å². The molecule has 1 rings (SSSR count). The first-order valence-electron chi connectivity index (χ1n) is 1.46. The highest BCUT2D eigenvalue weighted by molar-refractivity contribution is 4.79. The molecule has 0 spiro atoms. The van der Waals surface area contributed by atoms with Gasteiger partial charge in [-0.05, 0) is 0 Å². The average Bonchev–Trinajstić information content (AvgIpc) is 1.86. The van der Waals surface area contributed by atoms with Gasteiger partial charge in [-0.15, -0.1) is 0 Å². The Morgan fingerprint density at radius 1 is 1.83 bits per heavy atom. The second-order valence-electron chi connectivity index (χ2n) is 0.831. The Labute approximate surface area is 34.3 Å². The van der Waals surface area contributed by atoms with E-state index in [4.69, 9.17) is 5.11 Å². The normalized spacial score (nSPS) is 18.3. The van der Waals surface area contributed by atoms with Crippen molar-refractivity contribution in [1.29, 1.82) is 0 Å². The molecule has 6 heavy (non-hydrogen) atoms. The van der Waals surface area contributed by atoms with Crippen LogP contribution in [-0.4, -0.2) is 5.11 Å². The molecule has 0 atom stereocenters. The third kappa shape index (κ3) is 0.367. The largest absolute Gasteiger partial charge is 0.479 e. The van der Waals surface area contributed by atoms with Crippen LogP contribution in [-0.2, 0) is 4.84 Å². The molecule has 1 aliphatic heterocycles. The molecule has 0 bridgehead atoms. The highest BCUT2D eigenvalue weighted by Gasteiger charge is 1.96. The Bertz CT molecular complexity index is 79.6. The maximum absolute atomic E-state index is 8.24. The van der Waals surface area contributed by atoms with Crippen LogP contribution in [0.4, 0.5) is 0 Å². The van der Waals surface area contributed by atoms with E-state index >= 15 is 0 Å². The molecular formula is C2H4N2O2. The molecule has 0 saturated heterocycles. The van der Waals surface area contributed by atoms with Gasteiger partial charge in [-0.2, -0.15) is 0 Å². The van der Waals surface area contributed by atoms with Gasteiger partial charge in [-0.3, -0.25) is 5.43 Å². The lowest BCUT2D eigenvalue weighted by Gasteiger charge is -1.88. The van der Waals surface area contributed by atoms with E-state index in [2.05, 4.69) is 15.9 Å². The number of aliphatic hydroxyl groups excluding tert-OH is 1. The van der Waals surface area contributed by atoms with Gasteiger partial charge in [0.25, 0.3) is 0 Å². The van der Waals surface area contributed by atoms with Crippen LogP contribution in [0.15, 0.2) is 12.1 Å². The first kappa shape index (κ1) is 3.30. The van der Waals surface area contributed by atoms with Gasteiger partial charge in [-0.25, -0.2) is 0 Å². The van der Waals surface area contributed by atoms with Crippen LogP contribution in [0.25, 0.3) is 0 Å². The van der Waals surface area contributed by atoms with E-state index in [0.29, 0.717) is 0 Å². The van der Waals surface area contributed by atoms with Gasteiger partial charge in [0, 0.05) is 0 Å². The van der Waals surface area contributed by atoms with Gasteiger partial charge in [0.2, 0.25) is 0 Å². The Morgan fingerprint density at radius 2 is 2.67 bits per heavy atom. The van der Waals surface area contributed by atoms with Crippen molar-refractivity contribution in [1.82, 2.24) is 11.0 Å². The molecule has 4 nitrogen and oxygen atoms in total. The minimum absolute atomic E-state index is 0.144. The predicted octanol–water partition coefficient (Wildman–Crippen LogP) is -0.617. The zero-order valence-corrected chi connectivity index (χ0v) is 2.93. The summed E-state index contributed by atoms with van der Waals surface area (Å²) in [7, 11) is 0. The third-order valence-corrected chi connectivity index (χ3v) is 0.410. The Morgan fingerprint density at radius 3 is 2.83 bits per heavy atom. The Balaban J connectivity index is 2.45. The van der Waals surface area contributed by atoms with Gasteiger partial charge in [0.1, 0.15) is 0 Å². The van der Waals surface area contributed by atoms with E-state index in [-0.39, 0.29) is 5.95 Å². The molecule has 0 amide bonds. The molecule has 0 aromatic carbocycles. The summed E-state index contributed by atoms with van der Waals surface area (Å²) in [6, 6.07) is 0. The van der Waals surface area contributed by atoms with Crippen LogP contribution in [0.3, 0.4) is 0 Å². The molecule has 0 aromatic heterocycles. The van der Waals surface area contributed by atoms with Gasteiger partial charge < -0.3 is 9.94 Å². The number of nitrogens with one attached hydrogen (secondary N) is 2. The minimum Gasteiger partial charge on any atom is -0.479 e. The van der Waals surface area contributed by atoms with Crippen molar-refractivity contribution in [2.45, 2.75) is 0 Å². The van der Waals surface area contributed by atoms with Gasteiger partial charge in [0.05, 0.1) is 6.20 Å². The lowest BCUT2D eigenvalue weighted by molar-refractivity contribution is 0.0350. The highest BCUT2D eigenvalue weighted by atomic mass is 16.7. The number of aliphatic hydroxyl groups is 1. The highest BCUT2D eigenvalue weighted by Crippen LogP contribution is 1.86. The van der Waals surface area contributed by atoms with Gasteiger partial charge in [0.15, 0.2) is 0 Å². The van der Waals surface area contributed by atoms with E-state index in [1.54, 1.807) is 0 Å². The number of hydrogen-bond donors (Lipinski definition) is 3. The van der Waals surface area contributed by atoms with Crippen molar-refractivity contribution in [3.05, 3.63) is 12.1 Å². The minimum atomic E-state index is -0.144. The predicted molar refractivity (Wildman–Crippen MR) is 18.1 cm³/mol. The molecular weight excluding hydrogens is 84.0 g/mol. The smallest absolute Gasteiger partial charge is 0.317 e.